The summed E-state index contributed by atoms with van der Waals surface area (Å²) in [5, 5.41) is 2.82. The largest absolute Gasteiger partial charge is 0.497 e. The van der Waals surface area contributed by atoms with Crippen LogP contribution in [0.25, 0.3) is 11.3 Å². The van der Waals surface area contributed by atoms with Crippen LogP contribution in [0, 0.1) is 0 Å². The molecule has 166 valence electrons. The molecule has 0 unspecified atom stereocenters. The molecule has 9 heteroatoms. The molecule has 4 rings (SSSR count). The summed E-state index contributed by atoms with van der Waals surface area (Å²) in [4.78, 5) is 21.2. The van der Waals surface area contributed by atoms with Gasteiger partial charge in [-0.15, -0.1) is 0 Å². The number of methoxy groups -OCH3 is 1. The fraction of sp³-hybridized carbons (Fsp3) is 0.261. The first kappa shape index (κ1) is 21.9. The zero-order valence-electron chi connectivity index (χ0n) is 17.7. The predicted molar refractivity (Wildman–Crippen MR) is 120 cm³/mol. The van der Waals surface area contributed by atoms with Gasteiger partial charge >= 0.3 is 0 Å². The van der Waals surface area contributed by atoms with Gasteiger partial charge in [-0.05, 0) is 67.4 Å². The van der Waals surface area contributed by atoms with E-state index >= 15 is 0 Å². The standard InChI is InChI=1S/C23H24N4O4S/c1-31-20-8-4-17(5-9-20)22-14-19(25-16-26-22)15-24-23(28)18-6-10-21(11-7-18)32(29,30)27-12-2-3-13-27/h4-11,14,16H,2-3,12-13,15H2,1H3,(H,24,28). The van der Waals surface area contributed by atoms with E-state index in [1.54, 1.807) is 7.11 Å². The van der Waals surface area contributed by atoms with Crippen molar-refractivity contribution in [2.45, 2.75) is 24.3 Å². The van der Waals surface area contributed by atoms with Gasteiger partial charge in [-0.2, -0.15) is 4.31 Å². The Morgan fingerprint density at radius 3 is 2.38 bits per heavy atom. The van der Waals surface area contributed by atoms with Gasteiger partial charge in [0.1, 0.15) is 12.1 Å². The van der Waals surface area contributed by atoms with E-state index in [0.29, 0.717) is 24.3 Å². The van der Waals surface area contributed by atoms with Crippen LogP contribution in [-0.4, -0.2) is 48.8 Å². The van der Waals surface area contributed by atoms with Gasteiger partial charge in [0.15, 0.2) is 0 Å². The van der Waals surface area contributed by atoms with E-state index in [1.165, 1.54) is 34.9 Å². The van der Waals surface area contributed by atoms with Crippen molar-refractivity contribution >= 4 is 15.9 Å². The highest BCUT2D eigenvalue weighted by molar-refractivity contribution is 7.89. The molecule has 1 aromatic heterocycles. The molecule has 1 amide bonds. The lowest BCUT2D eigenvalue weighted by molar-refractivity contribution is 0.0950. The minimum atomic E-state index is -3.50. The lowest BCUT2D eigenvalue weighted by Crippen LogP contribution is -2.28. The number of hydrogen-bond acceptors (Lipinski definition) is 6. The van der Waals surface area contributed by atoms with Crippen molar-refractivity contribution in [2.24, 2.45) is 0 Å². The van der Waals surface area contributed by atoms with Gasteiger partial charge in [-0.3, -0.25) is 4.79 Å². The molecule has 2 heterocycles. The van der Waals surface area contributed by atoms with Gasteiger partial charge in [0.05, 0.1) is 29.9 Å². The Bertz CT molecular complexity index is 1190. The number of nitrogens with one attached hydrogen (secondary N) is 1. The number of aromatic nitrogens is 2. The molecular formula is C23H24N4O4S. The topological polar surface area (TPSA) is 101 Å². The minimum Gasteiger partial charge on any atom is -0.497 e. The predicted octanol–water partition coefficient (Wildman–Crippen LogP) is 2.87. The summed E-state index contributed by atoms with van der Waals surface area (Å²) in [5.41, 5.74) is 2.70. The second-order valence-electron chi connectivity index (χ2n) is 7.44. The quantitative estimate of drug-likeness (QED) is 0.592. The number of benzene rings is 2. The normalized spacial score (nSPS) is 14.3. The van der Waals surface area contributed by atoms with Gasteiger partial charge in [0.2, 0.25) is 10.0 Å². The molecule has 32 heavy (non-hydrogen) atoms. The number of sulfonamides is 1. The number of amides is 1. The Morgan fingerprint density at radius 2 is 1.72 bits per heavy atom. The molecule has 0 atom stereocenters. The van der Waals surface area contributed by atoms with Gasteiger partial charge in [-0.1, -0.05) is 0 Å². The molecule has 0 bridgehead atoms. The fourth-order valence-electron chi connectivity index (χ4n) is 3.54. The number of rotatable bonds is 7. The van der Waals surface area contributed by atoms with Crippen molar-refractivity contribution in [1.82, 2.24) is 19.6 Å². The number of hydrogen-bond donors (Lipinski definition) is 1. The zero-order chi connectivity index (χ0) is 22.6. The zero-order valence-corrected chi connectivity index (χ0v) is 18.5. The Balaban J connectivity index is 1.40. The van der Waals surface area contributed by atoms with Crippen LogP contribution in [-0.2, 0) is 16.6 Å². The van der Waals surface area contributed by atoms with E-state index in [-0.39, 0.29) is 17.3 Å². The molecule has 8 nitrogen and oxygen atoms in total. The summed E-state index contributed by atoms with van der Waals surface area (Å²) < 4.78 is 31.9. The van der Waals surface area contributed by atoms with Crippen molar-refractivity contribution in [3.8, 4) is 17.0 Å². The summed E-state index contributed by atoms with van der Waals surface area (Å²) in [7, 11) is -1.88. The first-order valence-corrected chi connectivity index (χ1v) is 11.7. The highest BCUT2D eigenvalue weighted by atomic mass is 32.2. The van der Waals surface area contributed by atoms with Crippen LogP contribution in [0.3, 0.4) is 0 Å². The third kappa shape index (κ3) is 4.79. The summed E-state index contributed by atoms with van der Waals surface area (Å²) >= 11 is 0. The molecule has 1 N–H and O–H groups in total. The minimum absolute atomic E-state index is 0.205. The number of ether oxygens (including phenoxy) is 1. The maximum atomic E-state index is 12.6. The molecule has 1 aliphatic heterocycles. The summed E-state index contributed by atoms with van der Waals surface area (Å²) in [6.45, 7) is 1.31. The van der Waals surface area contributed by atoms with Gasteiger partial charge in [-0.25, -0.2) is 18.4 Å². The van der Waals surface area contributed by atoms with Crippen molar-refractivity contribution in [3.63, 3.8) is 0 Å². The molecule has 0 saturated carbocycles. The van der Waals surface area contributed by atoms with Crippen LogP contribution in [0.1, 0.15) is 28.9 Å². The van der Waals surface area contributed by atoms with Crippen LogP contribution in [0.15, 0.2) is 65.8 Å². The molecule has 0 radical (unpaired) electrons. The highest BCUT2D eigenvalue weighted by Gasteiger charge is 2.27. The summed E-state index contributed by atoms with van der Waals surface area (Å²) in [6.07, 6.45) is 3.21. The second-order valence-corrected chi connectivity index (χ2v) is 9.38. The van der Waals surface area contributed by atoms with Crippen LogP contribution in [0.2, 0.25) is 0 Å². The van der Waals surface area contributed by atoms with E-state index < -0.39 is 10.0 Å². The molecule has 0 aliphatic carbocycles. The lowest BCUT2D eigenvalue weighted by atomic mass is 10.1. The molecule has 1 aliphatic rings. The smallest absolute Gasteiger partial charge is 0.251 e. The monoisotopic (exact) mass is 452 g/mol. The third-order valence-electron chi connectivity index (χ3n) is 5.36. The second kappa shape index (κ2) is 9.46. The van der Waals surface area contributed by atoms with Crippen molar-refractivity contribution in [2.75, 3.05) is 20.2 Å². The lowest BCUT2D eigenvalue weighted by Gasteiger charge is -2.15. The Labute approximate surface area is 187 Å². The Kier molecular flexibility index (Phi) is 6.48. The van der Waals surface area contributed by atoms with Crippen LogP contribution >= 0.6 is 0 Å². The van der Waals surface area contributed by atoms with E-state index in [4.69, 9.17) is 4.74 Å². The van der Waals surface area contributed by atoms with Crippen LogP contribution in [0.4, 0.5) is 0 Å². The molecule has 0 spiro atoms. The first-order valence-electron chi connectivity index (χ1n) is 10.3. The molecule has 2 aromatic carbocycles. The van der Waals surface area contributed by atoms with E-state index in [9.17, 15) is 13.2 Å². The van der Waals surface area contributed by atoms with E-state index in [1.807, 2.05) is 30.3 Å². The Morgan fingerprint density at radius 1 is 1.03 bits per heavy atom. The maximum absolute atomic E-state index is 12.6. The molecule has 3 aromatic rings. The molecule has 1 saturated heterocycles. The summed E-state index contributed by atoms with van der Waals surface area (Å²) in [5.74, 6) is 0.453. The third-order valence-corrected chi connectivity index (χ3v) is 7.27. The van der Waals surface area contributed by atoms with Gasteiger partial charge < -0.3 is 10.1 Å². The first-order chi connectivity index (χ1) is 15.5. The summed E-state index contributed by atoms with van der Waals surface area (Å²) in [6, 6.07) is 15.3. The molecular weight excluding hydrogens is 428 g/mol. The highest BCUT2D eigenvalue weighted by Crippen LogP contribution is 2.22. The number of carbonyl (C=O) groups is 1. The fourth-order valence-corrected chi connectivity index (χ4v) is 5.06. The number of nitrogens with zero attached hydrogens (tertiary/aromatic N) is 3. The van der Waals surface area contributed by atoms with Crippen LogP contribution < -0.4 is 10.1 Å². The van der Waals surface area contributed by atoms with Gasteiger partial charge in [0, 0.05) is 24.2 Å². The Hall–Kier alpha value is -3.30. The SMILES string of the molecule is COc1ccc(-c2cc(CNC(=O)c3ccc(S(=O)(=O)N4CCCC4)cc3)ncn2)cc1. The average Bonchev–Trinajstić information content (AvgIpc) is 3.39. The molecule has 1 fully saturated rings. The van der Waals surface area contributed by atoms with Crippen molar-refractivity contribution < 1.29 is 17.9 Å². The van der Waals surface area contributed by atoms with Crippen LogP contribution in [0.5, 0.6) is 5.75 Å². The van der Waals surface area contributed by atoms with Crippen molar-refractivity contribution in [3.05, 3.63) is 72.2 Å². The maximum Gasteiger partial charge on any atom is 0.251 e. The van der Waals surface area contributed by atoms with Gasteiger partial charge in [0.25, 0.3) is 5.91 Å². The average molecular weight is 453 g/mol. The van der Waals surface area contributed by atoms with E-state index in [0.717, 1.165) is 29.8 Å². The van der Waals surface area contributed by atoms with E-state index in [2.05, 4.69) is 15.3 Å². The van der Waals surface area contributed by atoms with Crippen molar-refractivity contribution in [1.29, 1.82) is 0 Å². The number of carbonyl (C=O) groups excluding carboxylic acids is 1.